The molecule has 0 amide bonds. The lowest BCUT2D eigenvalue weighted by atomic mass is 10.4. The predicted octanol–water partition coefficient (Wildman–Crippen LogP) is -0.188. The minimum atomic E-state index is -2.80. The molecule has 1 aromatic heterocycles. The fourth-order valence-electron chi connectivity index (χ4n) is 2.45. The van der Waals surface area contributed by atoms with Gasteiger partial charge in [-0.3, -0.25) is 0 Å². The lowest BCUT2D eigenvalue weighted by Crippen LogP contribution is -2.54. The van der Waals surface area contributed by atoms with Crippen LogP contribution >= 0.6 is 0 Å². The summed E-state index contributed by atoms with van der Waals surface area (Å²) in [6.07, 6.45) is 3.26. The second-order valence-corrected chi connectivity index (χ2v) is 8.29. The highest BCUT2D eigenvalue weighted by Gasteiger charge is 2.37. The average Bonchev–Trinajstić information content (AvgIpc) is 2.62. The number of hydrogen-bond donors (Lipinski definition) is 0. The number of rotatable bonds is 11. The van der Waals surface area contributed by atoms with Gasteiger partial charge in [-0.1, -0.05) is 12.2 Å². The lowest BCUT2D eigenvalue weighted by molar-refractivity contribution is 0.122. The van der Waals surface area contributed by atoms with Crippen molar-refractivity contribution in [1.82, 2.24) is 13.7 Å². The highest BCUT2D eigenvalue weighted by molar-refractivity contribution is 6.60. The highest BCUT2D eigenvalue weighted by Crippen LogP contribution is 2.14. The summed E-state index contributed by atoms with van der Waals surface area (Å²) in [6, 6.07) is 0.421. The zero-order chi connectivity index (χ0) is 19.0. The van der Waals surface area contributed by atoms with E-state index in [1.54, 1.807) is 0 Å². The second kappa shape index (κ2) is 9.46. The second-order valence-electron chi connectivity index (χ2n) is 5.20. The van der Waals surface area contributed by atoms with E-state index in [0.717, 1.165) is 13.7 Å². The van der Waals surface area contributed by atoms with Crippen LogP contribution in [0.1, 0.15) is 6.42 Å². The molecule has 1 rings (SSSR count). The van der Waals surface area contributed by atoms with Crippen molar-refractivity contribution in [2.75, 3.05) is 21.3 Å². The molecule has 1 aromatic rings. The SMILES string of the molecule is C=CCn1c(=O)n(CC=C)c(=O)n(CCC[Si](OC)(OC)OC)c1=O. The Hall–Kier alpha value is -2.01. The first-order valence-corrected chi connectivity index (χ1v) is 9.66. The van der Waals surface area contributed by atoms with Crippen LogP contribution < -0.4 is 17.1 Å². The van der Waals surface area contributed by atoms with E-state index < -0.39 is 25.9 Å². The van der Waals surface area contributed by atoms with Crippen molar-refractivity contribution in [1.29, 1.82) is 0 Å². The van der Waals surface area contributed by atoms with Crippen molar-refractivity contribution in [3.63, 3.8) is 0 Å². The fraction of sp³-hybridized carbons (Fsp3) is 0.533. The van der Waals surface area contributed by atoms with E-state index >= 15 is 0 Å². The summed E-state index contributed by atoms with van der Waals surface area (Å²) in [5, 5.41) is 0. The molecule has 0 bridgehead atoms. The van der Waals surface area contributed by atoms with Crippen molar-refractivity contribution >= 4 is 8.80 Å². The zero-order valence-electron chi connectivity index (χ0n) is 14.9. The van der Waals surface area contributed by atoms with E-state index in [1.165, 1.54) is 33.5 Å². The third kappa shape index (κ3) is 4.54. The summed E-state index contributed by atoms with van der Waals surface area (Å²) in [4.78, 5) is 37.2. The minimum Gasteiger partial charge on any atom is -0.377 e. The maximum absolute atomic E-state index is 12.5. The molecule has 0 atom stereocenters. The van der Waals surface area contributed by atoms with E-state index in [-0.39, 0.29) is 19.6 Å². The van der Waals surface area contributed by atoms with Crippen molar-refractivity contribution in [2.24, 2.45) is 0 Å². The zero-order valence-corrected chi connectivity index (χ0v) is 15.9. The number of hydrogen-bond acceptors (Lipinski definition) is 6. The Kier molecular flexibility index (Phi) is 7.96. The molecule has 0 spiro atoms. The molecule has 0 aliphatic rings. The molecule has 140 valence electrons. The fourth-order valence-corrected chi connectivity index (χ4v) is 4.16. The van der Waals surface area contributed by atoms with Gasteiger partial charge in [0.05, 0.1) is 13.1 Å². The molecule has 9 nitrogen and oxygen atoms in total. The summed E-state index contributed by atoms with van der Waals surface area (Å²) in [6.45, 7) is 7.21. The topological polar surface area (TPSA) is 93.7 Å². The summed E-state index contributed by atoms with van der Waals surface area (Å²) < 4.78 is 18.9. The quantitative estimate of drug-likeness (QED) is 0.395. The van der Waals surface area contributed by atoms with Crippen LogP contribution in [0.5, 0.6) is 0 Å². The van der Waals surface area contributed by atoms with Gasteiger partial charge >= 0.3 is 25.9 Å². The van der Waals surface area contributed by atoms with Gasteiger partial charge in [0.2, 0.25) is 0 Å². The van der Waals surface area contributed by atoms with Crippen LogP contribution in [0.3, 0.4) is 0 Å². The third-order valence-corrected chi connectivity index (χ3v) is 6.64. The Morgan fingerprint density at radius 1 is 0.840 bits per heavy atom. The van der Waals surface area contributed by atoms with Gasteiger partial charge in [0.25, 0.3) is 0 Å². The van der Waals surface area contributed by atoms with Gasteiger partial charge in [0.1, 0.15) is 0 Å². The van der Waals surface area contributed by atoms with Crippen LogP contribution in [0.2, 0.25) is 6.04 Å². The average molecular weight is 371 g/mol. The first-order valence-electron chi connectivity index (χ1n) is 7.73. The van der Waals surface area contributed by atoms with Crippen molar-refractivity contribution in [3.05, 3.63) is 56.8 Å². The maximum atomic E-state index is 12.5. The summed E-state index contributed by atoms with van der Waals surface area (Å²) >= 11 is 0. The smallest absolute Gasteiger partial charge is 0.377 e. The van der Waals surface area contributed by atoms with Gasteiger partial charge in [0, 0.05) is 33.9 Å². The molecule has 1 heterocycles. The third-order valence-electron chi connectivity index (χ3n) is 3.81. The Labute approximate surface area is 146 Å². The van der Waals surface area contributed by atoms with Crippen LogP contribution in [0.25, 0.3) is 0 Å². The van der Waals surface area contributed by atoms with E-state index in [4.69, 9.17) is 13.3 Å². The molecular weight excluding hydrogens is 346 g/mol. The molecule has 0 radical (unpaired) electrons. The molecule has 0 saturated heterocycles. The molecule has 0 saturated carbocycles. The van der Waals surface area contributed by atoms with Crippen LogP contribution in [0.15, 0.2) is 39.7 Å². The summed E-state index contributed by atoms with van der Waals surface area (Å²) in [5.41, 5.74) is -2.02. The van der Waals surface area contributed by atoms with E-state index in [0.29, 0.717) is 12.5 Å². The molecule has 10 heteroatoms. The van der Waals surface area contributed by atoms with Gasteiger partial charge in [0.15, 0.2) is 0 Å². The Bertz CT molecular complexity index is 718. The first-order chi connectivity index (χ1) is 11.9. The first kappa shape index (κ1) is 21.0. The lowest BCUT2D eigenvalue weighted by Gasteiger charge is -2.24. The predicted molar refractivity (Wildman–Crippen MR) is 95.8 cm³/mol. The number of nitrogens with zero attached hydrogens (tertiary/aromatic N) is 3. The molecule has 25 heavy (non-hydrogen) atoms. The van der Waals surface area contributed by atoms with Crippen molar-refractivity contribution < 1.29 is 13.3 Å². The molecule has 0 fully saturated rings. The van der Waals surface area contributed by atoms with Crippen LogP contribution in [-0.2, 0) is 32.9 Å². The molecule has 0 unspecified atom stereocenters. The van der Waals surface area contributed by atoms with Crippen molar-refractivity contribution in [2.45, 2.75) is 32.1 Å². The largest absolute Gasteiger partial charge is 0.500 e. The summed E-state index contributed by atoms with van der Waals surface area (Å²) in [7, 11) is 1.68. The standard InChI is InChI=1S/C15H25N3O6Si/c1-6-9-16-13(19)17(10-7-2)15(21)18(14(16)20)11-8-12-25(22-3,23-4)24-5/h6-7H,1-2,8-12H2,3-5H3. The maximum Gasteiger partial charge on any atom is 0.500 e. The van der Waals surface area contributed by atoms with E-state index in [2.05, 4.69) is 13.2 Å². The van der Waals surface area contributed by atoms with E-state index in [9.17, 15) is 14.4 Å². The number of allylic oxidation sites excluding steroid dienone is 2. The molecule has 0 N–H and O–H groups in total. The molecule has 0 aromatic carbocycles. The van der Waals surface area contributed by atoms with Crippen LogP contribution in [-0.4, -0.2) is 43.8 Å². The van der Waals surface area contributed by atoms with Gasteiger partial charge in [-0.05, 0) is 6.42 Å². The molecule has 0 aliphatic carbocycles. The molecule has 0 aliphatic heterocycles. The van der Waals surface area contributed by atoms with Gasteiger partial charge < -0.3 is 13.3 Å². The summed E-state index contributed by atoms with van der Waals surface area (Å²) in [5.74, 6) is 0. The van der Waals surface area contributed by atoms with Gasteiger partial charge in [-0.25, -0.2) is 28.1 Å². The minimum absolute atomic E-state index is 0.0159. The normalized spacial score (nSPS) is 11.5. The monoisotopic (exact) mass is 371 g/mol. The van der Waals surface area contributed by atoms with Crippen molar-refractivity contribution in [3.8, 4) is 0 Å². The number of aromatic nitrogens is 3. The highest BCUT2D eigenvalue weighted by atomic mass is 28.4. The van der Waals surface area contributed by atoms with Crippen LogP contribution in [0.4, 0.5) is 0 Å². The molecular formula is C15H25N3O6Si. The van der Waals surface area contributed by atoms with Gasteiger partial charge in [-0.15, -0.1) is 13.2 Å². The Morgan fingerprint density at radius 3 is 1.60 bits per heavy atom. The Morgan fingerprint density at radius 2 is 1.24 bits per heavy atom. The van der Waals surface area contributed by atoms with E-state index in [1.807, 2.05) is 0 Å². The van der Waals surface area contributed by atoms with Gasteiger partial charge in [-0.2, -0.15) is 0 Å². The van der Waals surface area contributed by atoms with Crippen LogP contribution in [0, 0.1) is 0 Å². The Balaban J connectivity index is 3.25.